The van der Waals surface area contributed by atoms with Crippen LogP contribution in [-0.2, 0) is 15.1 Å². The highest BCUT2D eigenvalue weighted by Gasteiger charge is 2.53. The summed E-state index contributed by atoms with van der Waals surface area (Å²) in [5, 5.41) is 0. The van der Waals surface area contributed by atoms with Gasteiger partial charge in [0.1, 0.15) is 11.4 Å². The molecule has 1 amide bonds. The molecule has 3 aromatic heterocycles. The quantitative estimate of drug-likeness (QED) is 0.354. The number of nitrogens with two attached hydrogens (primary N) is 1. The van der Waals surface area contributed by atoms with E-state index < -0.39 is 23.2 Å². The molecule has 6 nitrogen and oxygen atoms in total. The summed E-state index contributed by atoms with van der Waals surface area (Å²) in [7, 11) is 1.56. The Morgan fingerprint density at radius 2 is 1.61 bits per heavy atom. The van der Waals surface area contributed by atoms with Crippen molar-refractivity contribution in [3.05, 3.63) is 119 Å². The van der Waals surface area contributed by atoms with Crippen molar-refractivity contribution in [2.24, 2.45) is 5.73 Å². The zero-order valence-electron chi connectivity index (χ0n) is 17.9. The average Bonchev–Trinajstić information content (AvgIpc) is 3.61. The first-order valence-electron chi connectivity index (χ1n) is 10.5. The number of carbonyl (C=O) groups excluding carboxylic acids is 1. The van der Waals surface area contributed by atoms with Gasteiger partial charge in [0.05, 0.1) is 5.92 Å². The summed E-state index contributed by atoms with van der Waals surface area (Å²) in [4.78, 5) is 22.4. The fraction of sp³-hybridized carbons (Fsp3) is 0.115. The number of aromatic nitrogens is 3. The zero-order valence-corrected chi connectivity index (χ0v) is 17.9. The lowest BCUT2D eigenvalue weighted by Gasteiger charge is -2.45. The molecule has 0 aliphatic heterocycles. The average molecular weight is 442 g/mol. The molecule has 1 aromatic carbocycles. The first-order chi connectivity index (χ1) is 16.1. The molecule has 0 fully saturated rings. The van der Waals surface area contributed by atoms with Crippen molar-refractivity contribution in [3.8, 4) is 0 Å². The molecule has 4 aromatic rings. The first kappa shape index (κ1) is 20.8. The Hall–Kier alpha value is -4.10. The summed E-state index contributed by atoms with van der Waals surface area (Å²) < 4.78 is 21.8. The van der Waals surface area contributed by atoms with E-state index in [1.807, 2.05) is 36.4 Å². The smallest absolute Gasteiger partial charge is 0.249 e. The maximum Gasteiger partial charge on any atom is 0.249 e. The molecule has 5 N–H and O–H groups in total. The predicted octanol–water partition coefficient (Wildman–Crippen LogP) is 4.47. The van der Waals surface area contributed by atoms with Crippen molar-refractivity contribution in [2.45, 2.75) is 11.5 Å². The third-order valence-corrected chi connectivity index (χ3v) is 6.24. The second kappa shape index (κ2) is 8.11. The Bertz CT molecular complexity index is 1330. The number of rotatable bonds is 6. The number of aromatic amines is 3. The van der Waals surface area contributed by atoms with Crippen LogP contribution < -0.4 is 5.73 Å². The molecule has 0 radical (unpaired) electrons. The number of hydrogen-bond donors (Lipinski definition) is 4. The van der Waals surface area contributed by atoms with Gasteiger partial charge in [-0.05, 0) is 48.5 Å². The molecular weight excluding hydrogens is 419 g/mol. The van der Waals surface area contributed by atoms with Gasteiger partial charge >= 0.3 is 0 Å². The van der Waals surface area contributed by atoms with Crippen LogP contribution in [0.5, 0.6) is 0 Å². The van der Waals surface area contributed by atoms with Crippen LogP contribution in [0.2, 0.25) is 0 Å². The van der Waals surface area contributed by atoms with E-state index in [1.165, 1.54) is 6.07 Å². The van der Waals surface area contributed by atoms with Gasteiger partial charge < -0.3 is 25.4 Å². The minimum atomic E-state index is -1.32. The minimum absolute atomic E-state index is 0.325. The molecule has 0 spiro atoms. The molecular formula is C26H23FN4O2. The molecule has 1 aliphatic rings. The second-order valence-electron chi connectivity index (χ2n) is 7.90. The van der Waals surface area contributed by atoms with E-state index in [0.29, 0.717) is 33.7 Å². The van der Waals surface area contributed by atoms with Gasteiger partial charge in [0.2, 0.25) is 5.91 Å². The topological polar surface area (TPSA) is 99.7 Å². The molecule has 0 saturated carbocycles. The largest absolute Gasteiger partial charge is 0.368 e. The number of H-pyrrole nitrogens is 3. The zero-order chi connectivity index (χ0) is 23.0. The Labute approximate surface area is 190 Å². The second-order valence-corrected chi connectivity index (χ2v) is 7.90. The normalized spacial score (nSPS) is 20.7. The monoisotopic (exact) mass is 442 g/mol. The highest BCUT2D eigenvalue weighted by molar-refractivity contribution is 6.08. The van der Waals surface area contributed by atoms with E-state index in [4.69, 9.17) is 10.5 Å². The summed E-state index contributed by atoms with van der Waals surface area (Å²) in [6.45, 7) is 0. The molecule has 7 heteroatoms. The van der Waals surface area contributed by atoms with Gasteiger partial charge in [-0.3, -0.25) is 4.79 Å². The van der Waals surface area contributed by atoms with Crippen molar-refractivity contribution >= 4 is 17.1 Å². The van der Waals surface area contributed by atoms with Crippen LogP contribution in [0.3, 0.4) is 0 Å². The SMILES string of the molecule is COC1(c2ccccc2F)C(c2ccc[nH]2)=CC(C(N)=O)=C(c2ccc[nH]2)C1c1ccc[nH]1. The van der Waals surface area contributed by atoms with Gasteiger partial charge in [-0.2, -0.15) is 0 Å². The van der Waals surface area contributed by atoms with Crippen LogP contribution >= 0.6 is 0 Å². The molecule has 2 unspecified atom stereocenters. The minimum Gasteiger partial charge on any atom is -0.368 e. The lowest BCUT2D eigenvalue weighted by Crippen LogP contribution is -2.42. The van der Waals surface area contributed by atoms with Gasteiger partial charge in [0.25, 0.3) is 0 Å². The van der Waals surface area contributed by atoms with E-state index in [1.54, 1.807) is 50.0 Å². The number of benzene rings is 1. The summed E-state index contributed by atoms with van der Waals surface area (Å²) in [6.07, 6.45) is 7.05. The van der Waals surface area contributed by atoms with Gasteiger partial charge in [-0.15, -0.1) is 0 Å². The number of carbonyl (C=O) groups is 1. The Morgan fingerprint density at radius 3 is 2.18 bits per heavy atom. The number of hydrogen-bond acceptors (Lipinski definition) is 2. The first-order valence-corrected chi connectivity index (χ1v) is 10.5. The Kier molecular flexibility index (Phi) is 5.11. The van der Waals surface area contributed by atoms with Gasteiger partial charge in [0, 0.05) is 65.1 Å². The summed E-state index contributed by atoms with van der Waals surface area (Å²) in [6, 6.07) is 17.7. The van der Waals surface area contributed by atoms with E-state index in [-0.39, 0.29) is 0 Å². The van der Waals surface area contributed by atoms with E-state index in [0.717, 1.165) is 5.69 Å². The number of methoxy groups -OCH3 is 1. The Morgan fingerprint density at radius 1 is 0.939 bits per heavy atom. The third kappa shape index (κ3) is 3.16. The van der Waals surface area contributed by atoms with Crippen molar-refractivity contribution in [3.63, 3.8) is 0 Å². The standard InChI is InChI=1S/C26H23FN4O2/c1-33-26(17-7-2-3-8-19(17)27)18(20-9-4-12-29-20)15-16(25(28)32)23(21-10-5-13-30-21)24(26)22-11-6-14-31-22/h2-15,24,29-31H,1H3,(H2,28,32). The van der Waals surface area contributed by atoms with Crippen LogP contribution in [0.15, 0.2) is 90.9 Å². The molecule has 0 saturated heterocycles. The Balaban J connectivity index is 1.95. The van der Waals surface area contributed by atoms with Crippen LogP contribution in [-0.4, -0.2) is 28.0 Å². The highest BCUT2D eigenvalue weighted by atomic mass is 19.1. The summed E-state index contributed by atoms with van der Waals surface area (Å²) in [5.41, 5.74) is 8.62. The van der Waals surface area contributed by atoms with Crippen molar-refractivity contribution in [1.29, 1.82) is 0 Å². The van der Waals surface area contributed by atoms with Crippen molar-refractivity contribution < 1.29 is 13.9 Å². The molecule has 33 heavy (non-hydrogen) atoms. The molecule has 1 aliphatic carbocycles. The summed E-state index contributed by atoms with van der Waals surface area (Å²) >= 11 is 0. The number of amides is 1. The third-order valence-electron chi connectivity index (χ3n) is 6.24. The lowest BCUT2D eigenvalue weighted by molar-refractivity contribution is -0.114. The van der Waals surface area contributed by atoms with Gasteiger partial charge in [0.15, 0.2) is 0 Å². The fourth-order valence-corrected chi connectivity index (χ4v) is 4.92. The fourth-order valence-electron chi connectivity index (χ4n) is 4.92. The van der Waals surface area contributed by atoms with Crippen LogP contribution in [0.4, 0.5) is 4.39 Å². The maximum absolute atomic E-state index is 15.5. The highest BCUT2D eigenvalue weighted by Crippen LogP contribution is 2.58. The molecule has 166 valence electrons. The van der Waals surface area contributed by atoms with E-state index in [9.17, 15) is 4.79 Å². The molecule has 5 rings (SSSR count). The van der Waals surface area contributed by atoms with E-state index >= 15 is 4.39 Å². The van der Waals surface area contributed by atoms with Crippen LogP contribution in [0.1, 0.15) is 28.6 Å². The van der Waals surface area contributed by atoms with Gasteiger partial charge in [-0.25, -0.2) is 4.39 Å². The van der Waals surface area contributed by atoms with Crippen molar-refractivity contribution in [2.75, 3.05) is 7.11 Å². The van der Waals surface area contributed by atoms with Crippen LogP contribution in [0, 0.1) is 5.82 Å². The maximum atomic E-state index is 15.5. The molecule has 2 atom stereocenters. The van der Waals surface area contributed by atoms with E-state index in [2.05, 4.69) is 15.0 Å². The van der Waals surface area contributed by atoms with Gasteiger partial charge in [-0.1, -0.05) is 18.2 Å². The summed E-state index contributed by atoms with van der Waals surface area (Å²) in [5.74, 6) is -1.63. The lowest BCUT2D eigenvalue weighted by atomic mass is 9.64. The number of halogens is 1. The number of nitrogens with one attached hydrogen (secondary N) is 3. The predicted molar refractivity (Wildman–Crippen MR) is 124 cm³/mol. The molecule has 3 heterocycles. The number of ether oxygens (including phenoxy) is 1. The van der Waals surface area contributed by atoms with Crippen molar-refractivity contribution in [1.82, 2.24) is 15.0 Å². The number of primary amides is 1. The molecule has 0 bridgehead atoms. The van der Waals surface area contributed by atoms with Crippen LogP contribution in [0.25, 0.3) is 11.1 Å².